The van der Waals surface area contributed by atoms with E-state index >= 15 is 0 Å². The Morgan fingerprint density at radius 1 is 1.07 bits per heavy atom. The quantitative estimate of drug-likeness (QED) is 0.756. The first kappa shape index (κ1) is 21.6. The van der Waals surface area contributed by atoms with E-state index in [2.05, 4.69) is 5.10 Å². The predicted molar refractivity (Wildman–Crippen MR) is 104 cm³/mol. The lowest BCUT2D eigenvalue weighted by molar-refractivity contribution is 0.0692. The Labute approximate surface area is 164 Å². The van der Waals surface area contributed by atoms with Crippen LogP contribution in [-0.4, -0.2) is 53.3 Å². The third kappa shape index (κ3) is 3.80. The fraction of sp³-hybridized carbons (Fsp3) is 0.421. The van der Waals surface area contributed by atoms with E-state index in [-0.39, 0.29) is 4.90 Å². The van der Waals surface area contributed by atoms with Crippen LogP contribution in [0.25, 0.3) is 0 Å². The van der Waals surface area contributed by atoms with E-state index < -0.39 is 32.4 Å². The number of nitrogens with zero attached hydrogens (tertiary/aromatic N) is 3. The van der Waals surface area contributed by atoms with Crippen molar-refractivity contribution >= 4 is 21.8 Å². The number of aryl methyl sites for hydroxylation is 2. The Morgan fingerprint density at radius 3 is 2.04 bits per heavy atom. The lowest BCUT2D eigenvalue weighted by Crippen LogP contribution is -2.34. The van der Waals surface area contributed by atoms with Gasteiger partial charge in [-0.2, -0.15) is 9.78 Å². The predicted octanol–water partition coefficient (Wildman–Crippen LogP) is 2.85. The minimum Gasteiger partial charge on any atom is -0.478 e. The monoisotopic (exact) mass is 407 g/mol. The number of amides is 1. The molecule has 0 aliphatic rings. The van der Waals surface area contributed by atoms with E-state index in [0.717, 1.165) is 10.9 Å². The van der Waals surface area contributed by atoms with Crippen LogP contribution in [0.4, 0.5) is 4.79 Å². The number of carboxylic acid groups (broad SMARTS) is 1. The van der Waals surface area contributed by atoms with Crippen LogP contribution in [0.1, 0.15) is 49.2 Å². The minimum atomic E-state index is -4.24. The average molecular weight is 407 g/mol. The van der Waals surface area contributed by atoms with Gasteiger partial charge in [-0.25, -0.2) is 18.0 Å². The molecular formula is C19H25N3O5S. The van der Waals surface area contributed by atoms with Gasteiger partial charge in [-0.05, 0) is 37.8 Å². The van der Waals surface area contributed by atoms with E-state index in [1.54, 1.807) is 32.0 Å². The van der Waals surface area contributed by atoms with Crippen molar-refractivity contribution in [2.75, 3.05) is 13.1 Å². The van der Waals surface area contributed by atoms with Crippen LogP contribution in [0.5, 0.6) is 0 Å². The molecule has 9 heteroatoms. The number of sulfone groups is 1. The molecule has 1 aromatic carbocycles. The molecule has 0 atom stereocenters. The summed E-state index contributed by atoms with van der Waals surface area (Å²) in [5.41, 5.74) is 0.647. The van der Waals surface area contributed by atoms with E-state index in [9.17, 15) is 23.1 Å². The standard InChI is InChI=1S/C19H25N3O5S/c1-5-13-10-9-11-14(6-2)16(13)28(26,27)17-15(18(23)24)12-22(20-17)19(25)21(7-3)8-4/h9-12H,5-8H2,1-4H3,(H,23,24). The Bertz CT molecular complexity index is 969. The second-order valence-corrected chi connectivity index (χ2v) is 7.97. The summed E-state index contributed by atoms with van der Waals surface area (Å²) in [7, 11) is -4.24. The summed E-state index contributed by atoms with van der Waals surface area (Å²) in [4.78, 5) is 25.7. The lowest BCUT2D eigenvalue weighted by atomic mass is 10.1. The smallest absolute Gasteiger partial charge is 0.344 e. The second kappa shape index (κ2) is 8.55. The van der Waals surface area contributed by atoms with Gasteiger partial charge in [0.05, 0.1) is 11.1 Å². The molecule has 0 aliphatic heterocycles. The zero-order chi connectivity index (χ0) is 21.1. The molecule has 0 spiro atoms. The highest BCUT2D eigenvalue weighted by atomic mass is 32.2. The largest absolute Gasteiger partial charge is 0.478 e. The van der Waals surface area contributed by atoms with E-state index in [0.29, 0.717) is 37.1 Å². The topological polar surface area (TPSA) is 110 Å². The molecule has 8 nitrogen and oxygen atoms in total. The van der Waals surface area contributed by atoms with Crippen LogP contribution < -0.4 is 0 Å². The van der Waals surface area contributed by atoms with Crippen molar-refractivity contribution < 1.29 is 23.1 Å². The fourth-order valence-corrected chi connectivity index (χ4v) is 5.01. The number of aromatic carboxylic acids is 1. The van der Waals surface area contributed by atoms with Gasteiger partial charge in [0, 0.05) is 13.1 Å². The normalized spacial score (nSPS) is 11.4. The molecule has 0 fully saturated rings. The highest BCUT2D eigenvalue weighted by Crippen LogP contribution is 2.30. The number of rotatable bonds is 7. The number of hydrogen-bond acceptors (Lipinski definition) is 5. The third-order valence-electron chi connectivity index (χ3n) is 4.60. The van der Waals surface area contributed by atoms with Crippen LogP contribution in [-0.2, 0) is 22.7 Å². The van der Waals surface area contributed by atoms with E-state index in [1.165, 1.54) is 4.90 Å². The van der Waals surface area contributed by atoms with Gasteiger partial charge in [-0.15, -0.1) is 0 Å². The van der Waals surface area contributed by atoms with Gasteiger partial charge >= 0.3 is 12.0 Å². The van der Waals surface area contributed by atoms with Gasteiger partial charge in [0.25, 0.3) is 0 Å². The van der Waals surface area contributed by atoms with Crippen molar-refractivity contribution in [3.63, 3.8) is 0 Å². The van der Waals surface area contributed by atoms with Crippen LogP contribution in [0.2, 0.25) is 0 Å². The Morgan fingerprint density at radius 2 is 1.61 bits per heavy atom. The summed E-state index contributed by atoms with van der Waals surface area (Å²) in [5, 5.41) is 12.8. The van der Waals surface area contributed by atoms with Gasteiger partial charge in [0.2, 0.25) is 9.84 Å². The molecule has 0 radical (unpaired) electrons. The molecule has 1 heterocycles. The van der Waals surface area contributed by atoms with E-state index in [1.807, 2.05) is 13.8 Å². The minimum absolute atomic E-state index is 0.0723. The summed E-state index contributed by atoms with van der Waals surface area (Å²) in [6, 6.07) is 4.60. The van der Waals surface area contributed by atoms with Crippen LogP contribution in [0.3, 0.4) is 0 Å². The molecule has 2 aromatic rings. The Balaban J connectivity index is 2.74. The zero-order valence-electron chi connectivity index (χ0n) is 16.5. The Hall–Kier alpha value is -2.68. The maximum absolute atomic E-state index is 13.4. The summed E-state index contributed by atoms with van der Waals surface area (Å²) in [6.07, 6.45) is 1.89. The maximum atomic E-state index is 13.4. The molecule has 0 bridgehead atoms. The molecule has 0 saturated heterocycles. The summed E-state index contributed by atoms with van der Waals surface area (Å²) in [6.45, 7) is 7.97. The van der Waals surface area contributed by atoms with E-state index in [4.69, 9.17) is 0 Å². The first-order valence-corrected chi connectivity index (χ1v) is 10.7. The third-order valence-corrected chi connectivity index (χ3v) is 6.48. The molecule has 28 heavy (non-hydrogen) atoms. The molecule has 152 valence electrons. The average Bonchev–Trinajstić information content (AvgIpc) is 3.14. The van der Waals surface area contributed by atoms with Gasteiger partial charge in [-0.3, -0.25) is 0 Å². The highest BCUT2D eigenvalue weighted by molar-refractivity contribution is 7.91. The number of carbonyl (C=O) groups excluding carboxylic acids is 1. The van der Waals surface area contributed by atoms with Crippen molar-refractivity contribution in [2.45, 2.75) is 50.5 Å². The van der Waals surface area contributed by atoms with Crippen LogP contribution in [0, 0.1) is 0 Å². The molecule has 1 amide bonds. The highest BCUT2D eigenvalue weighted by Gasteiger charge is 2.33. The molecular weight excluding hydrogens is 382 g/mol. The number of carbonyl (C=O) groups is 2. The van der Waals surface area contributed by atoms with Crippen molar-refractivity contribution in [1.29, 1.82) is 0 Å². The molecule has 2 rings (SSSR count). The Kier molecular flexibility index (Phi) is 6.60. The number of aromatic nitrogens is 2. The van der Waals surface area contributed by atoms with Crippen molar-refractivity contribution in [1.82, 2.24) is 14.7 Å². The molecule has 0 unspecified atom stereocenters. The van der Waals surface area contributed by atoms with Crippen molar-refractivity contribution in [3.05, 3.63) is 41.1 Å². The molecule has 1 N–H and O–H groups in total. The first-order chi connectivity index (χ1) is 13.2. The number of benzene rings is 1. The zero-order valence-corrected chi connectivity index (χ0v) is 17.3. The molecule has 0 saturated carbocycles. The van der Waals surface area contributed by atoms with Crippen molar-refractivity contribution in [2.24, 2.45) is 0 Å². The fourth-order valence-electron chi connectivity index (χ4n) is 3.08. The summed E-state index contributed by atoms with van der Waals surface area (Å²) in [5.74, 6) is -1.45. The number of hydrogen-bond donors (Lipinski definition) is 1. The molecule has 0 aliphatic carbocycles. The number of carboxylic acids is 1. The van der Waals surface area contributed by atoms with Gasteiger partial charge in [0.15, 0.2) is 5.03 Å². The van der Waals surface area contributed by atoms with Gasteiger partial charge in [-0.1, -0.05) is 32.0 Å². The molecule has 1 aromatic heterocycles. The van der Waals surface area contributed by atoms with Gasteiger partial charge in [0.1, 0.15) is 5.56 Å². The first-order valence-electron chi connectivity index (χ1n) is 9.20. The van der Waals surface area contributed by atoms with Crippen LogP contribution >= 0.6 is 0 Å². The summed E-state index contributed by atoms with van der Waals surface area (Å²) < 4.78 is 27.6. The summed E-state index contributed by atoms with van der Waals surface area (Å²) >= 11 is 0. The lowest BCUT2D eigenvalue weighted by Gasteiger charge is -2.17. The second-order valence-electron chi connectivity index (χ2n) is 6.17. The van der Waals surface area contributed by atoms with Crippen LogP contribution in [0.15, 0.2) is 34.3 Å². The SMILES string of the molecule is CCc1cccc(CC)c1S(=O)(=O)c1nn(C(=O)N(CC)CC)cc1C(=O)O. The van der Waals surface area contributed by atoms with Crippen molar-refractivity contribution in [3.8, 4) is 0 Å². The maximum Gasteiger partial charge on any atom is 0.344 e. The van der Waals surface area contributed by atoms with Gasteiger partial charge < -0.3 is 10.0 Å².